The lowest BCUT2D eigenvalue weighted by Crippen LogP contribution is -2.32. The Morgan fingerprint density at radius 1 is 1.32 bits per heavy atom. The molecule has 8 nitrogen and oxygen atoms in total. The van der Waals surface area contributed by atoms with Gasteiger partial charge >= 0.3 is 6.09 Å². The fourth-order valence-corrected chi connectivity index (χ4v) is 2.21. The van der Waals surface area contributed by atoms with Crippen molar-refractivity contribution in [2.24, 2.45) is 5.73 Å². The van der Waals surface area contributed by atoms with Crippen molar-refractivity contribution in [1.29, 1.82) is 0 Å². The molecule has 0 bridgehead atoms. The van der Waals surface area contributed by atoms with Gasteiger partial charge in [0.15, 0.2) is 0 Å². The van der Waals surface area contributed by atoms with E-state index in [1.807, 2.05) is 6.08 Å². The van der Waals surface area contributed by atoms with Gasteiger partial charge in [0.1, 0.15) is 5.60 Å². The fraction of sp³-hybridized carbons (Fsp3) is 0.353. The van der Waals surface area contributed by atoms with Crippen molar-refractivity contribution in [1.82, 2.24) is 14.9 Å². The molecule has 0 unspecified atom stereocenters. The number of rotatable bonds is 5. The molecule has 2 rings (SSSR count). The summed E-state index contributed by atoms with van der Waals surface area (Å²) >= 11 is 0. The molecular formula is C17H23N5O3. The molecule has 0 aliphatic rings. The molecule has 0 fully saturated rings. The van der Waals surface area contributed by atoms with Crippen molar-refractivity contribution < 1.29 is 14.3 Å². The van der Waals surface area contributed by atoms with E-state index in [2.05, 4.69) is 10.3 Å². The maximum absolute atomic E-state index is 11.5. The molecule has 0 aliphatic carbocycles. The van der Waals surface area contributed by atoms with Crippen LogP contribution in [0.4, 0.5) is 10.7 Å². The summed E-state index contributed by atoms with van der Waals surface area (Å²) in [6.45, 7) is 6.23. The van der Waals surface area contributed by atoms with Crippen molar-refractivity contribution in [2.45, 2.75) is 32.9 Å². The Morgan fingerprint density at radius 2 is 2.04 bits per heavy atom. The highest BCUT2D eigenvalue weighted by atomic mass is 16.6. The fourth-order valence-electron chi connectivity index (χ4n) is 2.21. The van der Waals surface area contributed by atoms with E-state index in [9.17, 15) is 9.59 Å². The zero-order valence-corrected chi connectivity index (χ0v) is 14.6. The third-order valence-electron chi connectivity index (χ3n) is 3.28. The Hall–Kier alpha value is -3.03. The molecule has 1 aromatic heterocycles. The van der Waals surface area contributed by atoms with E-state index in [0.717, 1.165) is 5.52 Å². The molecule has 0 radical (unpaired) electrons. The second-order valence-electron chi connectivity index (χ2n) is 6.50. The highest BCUT2D eigenvalue weighted by molar-refractivity contribution is 5.96. The van der Waals surface area contributed by atoms with Crippen LogP contribution in [0.1, 0.15) is 31.1 Å². The maximum Gasteiger partial charge on any atom is 0.407 e. The van der Waals surface area contributed by atoms with Crippen LogP contribution in [0, 0.1) is 0 Å². The summed E-state index contributed by atoms with van der Waals surface area (Å²) < 4.78 is 6.94. The molecular weight excluding hydrogens is 322 g/mol. The number of amides is 2. The van der Waals surface area contributed by atoms with Crippen LogP contribution in [0.15, 0.2) is 30.4 Å². The summed E-state index contributed by atoms with van der Waals surface area (Å²) in [4.78, 5) is 27.0. The van der Waals surface area contributed by atoms with Crippen LogP contribution in [-0.2, 0) is 11.3 Å². The first-order valence-electron chi connectivity index (χ1n) is 7.85. The normalized spacial score (nSPS) is 11.8. The van der Waals surface area contributed by atoms with Crippen molar-refractivity contribution >= 4 is 29.0 Å². The molecule has 0 spiro atoms. The standard InChI is InChI=1S/C17H23N5O3/c1-17(2,3)25-16(24)20-8-4-5-9-22-13-7-6-11(14(18)23)10-12(13)21-15(22)19/h4-7,10H,8-9H2,1-3H3,(H2,18,23)(H2,19,21)(H,20,24)/b5-4+. The number of carbonyl (C=O) groups is 2. The number of nitrogen functional groups attached to an aromatic ring is 1. The first kappa shape index (κ1) is 18.3. The van der Waals surface area contributed by atoms with Gasteiger partial charge in [-0.3, -0.25) is 4.79 Å². The molecule has 1 aromatic carbocycles. The third-order valence-corrected chi connectivity index (χ3v) is 3.28. The largest absolute Gasteiger partial charge is 0.444 e. The molecule has 8 heteroatoms. The summed E-state index contributed by atoms with van der Waals surface area (Å²) in [5.41, 5.74) is 12.5. The first-order chi connectivity index (χ1) is 11.7. The predicted octanol–water partition coefficient (Wildman–Crippen LogP) is 1.80. The number of aromatic nitrogens is 2. The number of benzene rings is 1. The van der Waals surface area contributed by atoms with Crippen molar-refractivity contribution in [2.75, 3.05) is 12.3 Å². The van der Waals surface area contributed by atoms with E-state index in [4.69, 9.17) is 16.2 Å². The van der Waals surface area contributed by atoms with E-state index in [-0.39, 0.29) is 0 Å². The van der Waals surface area contributed by atoms with E-state index in [1.54, 1.807) is 49.6 Å². The summed E-state index contributed by atoms with van der Waals surface area (Å²) in [5, 5.41) is 2.64. The van der Waals surface area contributed by atoms with Crippen LogP contribution in [0.25, 0.3) is 11.0 Å². The van der Waals surface area contributed by atoms with Crippen molar-refractivity contribution in [3.63, 3.8) is 0 Å². The molecule has 2 aromatic rings. The monoisotopic (exact) mass is 345 g/mol. The van der Waals surface area contributed by atoms with Gasteiger partial charge in [-0.1, -0.05) is 12.2 Å². The van der Waals surface area contributed by atoms with Crippen LogP contribution in [0.3, 0.4) is 0 Å². The van der Waals surface area contributed by atoms with Gasteiger partial charge in [0.05, 0.1) is 11.0 Å². The molecule has 1 heterocycles. The molecule has 5 N–H and O–H groups in total. The number of ether oxygens (including phenoxy) is 1. The molecule has 25 heavy (non-hydrogen) atoms. The number of nitrogens with zero attached hydrogens (tertiary/aromatic N) is 2. The predicted molar refractivity (Wildman–Crippen MR) is 96.0 cm³/mol. The topological polar surface area (TPSA) is 125 Å². The zero-order chi connectivity index (χ0) is 18.6. The molecule has 0 saturated heterocycles. The second kappa shape index (κ2) is 7.25. The van der Waals surface area contributed by atoms with Crippen molar-refractivity contribution in [3.8, 4) is 0 Å². The van der Waals surface area contributed by atoms with Gasteiger partial charge in [-0.05, 0) is 39.0 Å². The minimum Gasteiger partial charge on any atom is -0.444 e. The Kier molecular flexibility index (Phi) is 5.31. The molecule has 2 amide bonds. The number of allylic oxidation sites excluding steroid dienone is 1. The Morgan fingerprint density at radius 3 is 2.68 bits per heavy atom. The zero-order valence-electron chi connectivity index (χ0n) is 14.6. The maximum atomic E-state index is 11.5. The van der Waals surface area contributed by atoms with Gasteiger partial charge in [0.25, 0.3) is 0 Å². The van der Waals surface area contributed by atoms with E-state index >= 15 is 0 Å². The minimum absolute atomic E-state index is 0.335. The number of imidazole rings is 1. The number of primary amides is 1. The molecule has 0 atom stereocenters. The lowest BCUT2D eigenvalue weighted by Gasteiger charge is -2.19. The van der Waals surface area contributed by atoms with Gasteiger partial charge in [-0.2, -0.15) is 0 Å². The number of nitrogens with two attached hydrogens (primary N) is 2. The number of fused-ring (bicyclic) bond motifs is 1. The summed E-state index contributed by atoms with van der Waals surface area (Å²) in [5.74, 6) is -0.176. The lowest BCUT2D eigenvalue weighted by atomic mass is 10.2. The van der Waals surface area contributed by atoms with E-state index < -0.39 is 17.6 Å². The lowest BCUT2D eigenvalue weighted by molar-refractivity contribution is 0.0534. The number of anilines is 1. The van der Waals surface area contributed by atoms with Gasteiger partial charge in [-0.25, -0.2) is 9.78 Å². The van der Waals surface area contributed by atoms with Crippen LogP contribution in [-0.4, -0.2) is 33.7 Å². The van der Waals surface area contributed by atoms with Crippen molar-refractivity contribution in [3.05, 3.63) is 35.9 Å². The third kappa shape index (κ3) is 4.97. The van der Waals surface area contributed by atoms with Crippen LogP contribution in [0.5, 0.6) is 0 Å². The van der Waals surface area contributed by atoms with Gasteiger partial charge < -0.3 is 26.1 Å². The molecule has 134 valence electrons. The van der Waals surface area contributed by atoms with Gasteiger partial charge in [0.2, 0.25) is 11.9 Å². The number of hydrogen-bond donors (Lipinski definition) is 3. The van der Waals surface area contributed by atoms with Crippen LogP contribution in [0.2, 0.25) is 0 Å². The average molecular weight is 345 g/mol. The number of carbonyl (C=O) groups excluding carboxylic acids is 2. The highest BCUT2D eigenvalue weighted by Gasteiger charge is 2.15. The Balaban J connectivity index is 1.98. The van der Waals surface area contributed by atoms with Gasteiger partial charge in [-0.15, -0.1) is 0 Å². The molecule has 0 aliphatic heterocycles. The van der Waals surface area contributed by atoms with Gasteiger partial charge in [0, 0.05) is 18.7 Å². The quantitative estimate of drug-likeness (QED) is 0.712. The number of nitrogens with one attached hydrogen (secondary N) is 1. The number of alkyl carbamates (subject to hydrolysis) is 1. The second-order valence-corrected chi connectivity index (χ2v) is 6.50. The van der Waals surface area contributed by atoms with Crippen LogP contribution < -0.4 is 16.8 Å². The Labute approximate surface area is 145 Å². The first-order valence-corrected chi connectivity index (χ1v) is 7.85. The molecule has 0 saturated carbocycles. The summed E-state index contributed by atoms with van der Waals surface area (Å²) in [6, 6.07) is 5.00. The van der Waals surface area contributed by atoms with Crippen LogP contribution >= 0.6 is 0 Å². The smallest absolute Gasteiger partial charge is 0.407 e. The van der Waals surface area contributed by atoms with E-state index in [1.165, 1.54) is 0 Å². The Bertz CT molecular complexity index is 818. The SMILES string of the molecule is CC(C)(C)OC(=O)NC/C=C/Cn1c(N)nc2cc(C(N)=O)ccc21. The summed E-state index contributed by atoms with van der Waals surface area (Å²) in [6.07, 6.45) is 3.19. The average Bonchev–Trinajstić information content (AvgIpc) is 2.80. The number of hydrogen-bond acceptors (Lipinski definition) is 5. The summed E-state index contributed by atoms with van der Waals surface area (Å²) in [7, 11) is 0. The highest BCUT2D eigenvalue weighted by Crippen LogP contribution is 2.19. The minimum atomic E-state index is -0.526. The van der Waals surface area contributed by atoms with E-state index in [0.29, 0.717) is 30.1 Å².